The fourth-order valence-electron chi connectivity index (χ4n) is 1.85. The molecule has 0 aromatic rings. The Labute approximate surface area is 138 Å². The molecule has 1 aliphatic rings. The molecular formula is C17H39N3O2. The SMILES string of the molecule is CC.CC.CCC(=O)NCCNC=O.CNC1CCCCC1. The van der Waals surface area contributed by atoms with Crippen LogP contribution in [0.3, 0.4) is 0 Å². The molecule has 0 saturated heterocycles. The van der Waals surface area contributed by atoms with E-state index in [0.717, 1.165) is 6.04 Å². The zero-order chi connectivity index (χ0) is 17.6. The highest BCUT2D eigenvalue weighted by molar-refractivity contribution is 5.75. The third-order valence-corrected chi connectivity index (χ3v) is 3.01. The highest BCUT2D eigenvalue weighted by Gasteiger charge is 2.09. The summed E-state index contributed by atoms with van der Waals surface area (Å²) in [5.41, 5.74) is 0. The van der Waals surface area contributed by atoms with Crippen molar-refractivity contribution in [1.82, 2.24) is 16.0 Å². The van der Waals surface area contributed by atoms with E-state index < -0.39 is 0 Å². The van der Waals surface area contributed by atoms with Crippen molar-refractivity contribution in [2.75, 3.05) is 20.1 Å². The number of hydrogen-bond donors (Lipinski definition) is 3. The van der Waals surface area contributed by atoms with Crippen LogP contribution in [-0.2, 0) is 9.59 Å². The predicted octanol–water partition coefficient (Wildman–Crippen LogP) is 2.85. The summed E-state index contributed by atoms with van der Waals surface area (Å²) in [4.78, 5) is 20.2. The molecular weight excluding hydrogens is 278 g/mol. The lowest BCUT2D eigenvalue weighted by Gasteiger charge is -2.20. The molecule has 0 radical (unpaired) electrons. The summed E-state index contributed by atoms with van der Waals surface area (Å²) in [6.45, 7) is 10.8. The number of carbonyl (C=O) groups excluding carboxylic acids is 2. The standard InChI is InChI=1S/C7H15N.C6H12N2O2.2C2H6/c1-8-7-5-3-2-4-6-7;1-2-6(10)8-4-3-7-5-9;2*1-2/h7-8H,2-6H2,1H3;5H,2-4H2,1H3,(H,7,9)(H,8,10);2*1-2H3. The van der Waals surface area contributed by atoms with Crippen molar-refractivity contribution in [1.29, 1.82) is 0 Å². The molecule has 5 nitrogen and oxygen atoms in total. The van der Waals surface area contributed by atoms with Crippen molar-refractivity contribution in [2.45, 2.75) is 79.2 Å². The Balaban J connectivity index is -0.000000270. The molecule has 3 N–H and O–H groups in total. The topological polar surface area (TPSA) is 70.2 Å². The van der Waals surface area contributed by atoms with Gasteiger partial charge in [0.2, 0.25) is 12.3 Å². The van der Waals surface area contributed by atoms with Gasteiger partial charge in [-0.05, 0) is 19.9 Å². The van der Waals surface area contributed by atoms with E-state index in [1.807, 2.05) is 27.7 Å². The van der Waals surface area contributed by atoms with Gasteiger partial charge in [-0.15, -0.1) is 0 Å². The van der Waals surface area contributed by atoms with Gasteiger partial charge in [-0.2, -0.15) is 0 Å². The van der Waals surface area contributed by atoms with Crippen LogP contribution in [0, 0.1) is 0 Å². The molecule has 0 aromatic carbocycles. The van der Waals surface area contributed by atoms with Crippen LogP contribution in [0.4, 0.5) is 0 Å². The van der Waals surface area contributed by atoms with Gasteiger partial charge >= 0.3 is 0 Å². The Hall–Kier alpha value is -1.10. The van der Waals surface area contributed by atoms with E-state index in [-0.39, 0.29) is 5.91 Å². The molecule has 5 heteroatoms. The molecule has 22 heavy (non-hydrogen) atoms. The Bertz CT molecular complexity index is 218. The Morgan fingerprint density at radius 2 is 1.59 bits per heavy atom. The van der Waals surface area contributed by atoms with E-state index in [1.54, 1.807) is 6.92 Å². The molecule has 1 saturated carbocycles. The first kappa shape index (κ1) is 25.8. The van der Waals surface area contributed by atoms with Crippen molar-refractivity contribution in [3.8, 4) is 0 Å². The Morgan fingerprint density at radius 3 is 1.95 bits per heavy atom. The predicted molar refractivity (Wildman–Crippen MR) is 96.0 cm³/mol. The van der Waals surface area contributed by atoms with Crippen molar-refractivity contribution in [2.24, 2.45) is 0 Å². The summed E-state index contributed by atoms with van der Waals surface area (Å²) in [5.74, 6) is 0.00713. The minimum Gasteiger partial charge on any atom is -0.357 e. The second kappa shape index (κ2) is 24.9. The lowest BCUT2D eigenvalue weighted by molar-refractivity contribution is -0.120. The summed E-state index contributed by atoms with van der Waals surface area (Å²) >= 11 is 0. The van der Waals surface area contributed by atoms with Gasteiger partial charge < -0.3 is 16.0 Å². The van der Waals surface area contributed by atoms with Crippen molar-refractivity contribution >= 4 is 12.3 Å². The van der Waals surface area contributed by atoms with Gasteiger partial charge in [0.25, 0.3) is 0 Å². The van der Waals surface area contributed by atoms with Crippen LogP contribution >= 0.6 is 0 Å². The zero-order valence-corrected chi connectivity index (χ0v) is 15.6. The Morgan fingerprint density at radius 1 is 1.05 bits per heavy atom. The van der Waals surface area contributed by atoms with E-state index in [9.17, 15) is 9.59 Å². The molecule has 1 aliphatic carbocycles. The summed E-state index contributed by atoms with van der Waals surface area (Å²) < 4.78 is 0. The van der Waals surface area contributed by atoms with Crippen LogP contribution in [0.2, 0.25) is 0 Å². The molecule has 1 rings (SSSR count). The molecule has 0 heterocycles. The van der Waals surface area contributed by atoms with Crippen LogP contribution in [-0.4, -0.2) is 38.5 Å². The lowest BCUT2D eigenvalue weighted by atomic mass is 9.96. The maximum atomic E-state index is 10.5. The fourth-order valence-corrected chi connectivity index (χ4v) is 1.85. The van der Waals surface area contributed by atoms with Gasteiger partial charge in [-0.1, -0.05) is 53.9 Å². The highest BCUT2D eigenvalue weighted by atomic mass is 16.1. The van der Waals surface area contributed by atoms with E-state index >= 15 is 0 Å². The summed E-state index contributed by atoms with van der Waals surface area (Å²) in [5, 5.41) is 8.34. The highest BCUT2D eigenvalue weighted by Crippen LogP contribution is 2.16. The number of carbonyl (C=O) groups is 2. The lowest BCUT2D eigenvalue weighted by Crippen LogP contribution is -2.30. The minimum absolute atomic E-state index is 0.00713. The molecule has 0 spiro atoms. The Kier molecular flexibility index (Phi) is 29.2. The fraction of sp³-hybridized carbons (Fsp3) is 0.882. The summed E-state index contributed by atoms with van der Waals surface area (Å²) in [6.07, 6.45) is 8.22. The zero-order valence-electron chi connectivity index (χ0n) is 15.6. The minimum atomic E-state index is 0.00713. The van der Waals surface area contributed by atoms with Gasteiger partial charge in [0.15, 0.2) is 0 Å². The van der Waals surface area contributed by atoms with Gasteiger partial charge in [0.05, 0.1) is 0 Å². The third-order valence-electron chi connectivity index (χ3n) is 3.01. The van der Waals surface area contributed by atoms with E-state index in [4.69, 9.17) is 0 Å². The van der Waals surface area contributed by atoms with Crippen LogP contribution < -0.4 is 16.0 Å². The maximum absolute atomic E-state index is 10.5. The summed E-state index contributed by atoms with van der Waals surface area (Å²) in [7, 11) is 2.07. The maximum Gasteiger partial charge on any atom is 0.219 e. The second-order valence-corrected chi connectivity index (χ2v) is 4.40. The van der Waals surface area contributed by atoms with Crippen LogP contribution in [0.15, 0.2) is 0 Å². The van der Waals surface area contributed by atoms with Gasteiger partial charge in [-0.3, -0.25) is 9.59 Å². The second-order valence-electron chi connectivity index (χ2n) is 4.40. The smallest absolute Gasteiger partial charge is 0.219 e. The third kappa shape index (κ3) is 21.2. The quantitative estimate of drug-likeness (QED) is 0.521. The summed E-state index contributed by atoms with van der Waals surface area (Å²) in [6, 6.07) is 0.837. The average molecular weight is 318 g/mol. The number of hydrogen-bond acceptors (Lipinski definition) is 3. The van der Waals surface area contributed by atoms with E-state index in [1.165, 1.54) is 32.1 Å². The average Bonchev–Trinajstić information content (AvgIpc) is 2.63. The normalized spacial score (nSPS) is 13.0. The van der Waals surface area contributed by atoms with Crippen molar-refractivity contribution in [3.63, 3.8) is 0 Å². The molecule has 0 unspecified atom stereocenters. The number of amides is 2. The molecule has 1 fully saturated rings. The first-order chi connectivity index (χ1) is 10.7. The number of nitrogens with one attached hydrogen (secondary N) is 3. The van der Waals surface area contributed by atoms with Crippen LogP contribution in [0.1, 0.15) is 73.1 Å². The monoisotopic (exact) mass is 317 g/mol. The van der Waals surface area contributed by atoms with Gasteiger partial charge in [0, 0.05) is 25.6 Å². The molecule has 134 valence electrons. The number of rotatable bonds is 6. The van der Waals surface area contributed by atoms with Crippen molar-refractivity contribution < 1.29 is 9.59 Å². The first-order valence-electron chi connectivity index (χ1n) is 8.85. The van der Waals surface area contributed by atoms with Gasteiger partial charge in [-0.25, -0.2) is 0 Å². The molecule has 0 bridgehead atoms. The molecule has 0 aliphatic heterocycles. The largest absolute Gasteiger partial charge is 0.357 e. The molecule has 0 atom stereocenters. The van der Waals surface area contributed by atoms with E-state index in [0.29, 0.717) is 25.9 Å². The molecule has 0 aromatic heterocycles. The van der Waals surface area contributed by atoms with Crippen LogP contribution in [0.25, 0.3) is 0 Å². The van der Waals surface area contributed by atoms with Crippen molar-refractivity contribution in [3.05, 3.63) is 0 Å². The van der Waals surface area contributed by atoms with E-state index in [2.05, 4.69) is 23.0 Å². The first-order valence-corrected chi connectivity index (χ1v) is 8.85. The van der Waals surface area contributed by atoms with Gasteiger partial charge in [0.1, 0.15) is 0 Å². The van der Waals surface area contributed by atoms with Crippen LogP contribution in [0.5, 0.6) is 0 Å². The molecule has 2 amide bonds.